The van der Waals surface area contributed by atoms with Crippen molar-refractivity contribution in [1.29, 1.82) is 0 Å². The number of aliphatic carboxylic acids is 1. The molecule has 2 heterocycles. The van der Waals surface area contributed by atoms with E-state index in [1.807, 2.05) is 6.92 Å². The van der Waals surface area contributed by atoms with Crippen molar-refractivity contribution in [3.63, 3.8) is 0 Å². The van der Waals surface area contributed by atoms with Gasteiger partial charge in [0.15, 0.2) is 5.82 Å². The summed E-state index contributed by atoms with van der Waals surface area (Å²) in [6, 6.07) is -0.685. The minimum atomic E-state index is -0.913. The van der Waals surface area contributed by atoms with Crippen LogP contribution >= 0.6 is 0 Å². The molecule has 0 spiro atoms. The molecule has 0 aromatic carbocycles. The van der Waals surface area contributed by atoms with Gasteiger partial charge in [0, 0.05) is 6.54 Å². The van der Waals surface area contributed by atoms with Gasteiger partial charge in [0.25, 0.3) is 5.56 Å². The van der Waals surface area contributed by atoms with Gasteiger partial charge in [-0.2, -0.15) is 0 Å². The van der Waals surface area contributed by atoms with Crippen LogP contribution in [0.3, 0.4) is 0 Å². The van der Waals surface area contributed by atoms with Crippen LogP contribution in [0, 0.1) is 5.92 Å². The molecule has 1 saturated heterocycles. The Balaban J connectivity index is 2.44. The molecule has 0 saturated carbocycles. The molecule has 2 unspecified atom stereocenters. The number of H-pyrrole nitrogens is 1. The van der Waals surface area contributed by atoms with Crippen LogP contribution in [0.25, 0.3) is 0 Å². The molecule has 2 atom stereocenters. The Labute approximate surface area is 104 Å². The molecule has 1 fully saturated rings. The second kappa shape index (κ2) is 4.67. The van der Waals surface area contributed by atoms with Crippen molar-refractivity contribution < 1.29 is 9.90 Å². The zero-order valence-corrected chi connectivity index (χ0v) is 10.1. The van der Waals surface area contributed by atoms with Crippen LogP contribution in [0.2, 0.25) is 0 Å². The van der Waals surface area contributed by atoms with Crippen molar-refractivity contribution in [2.24, 2.45) is 5.92 Å². The van der Waals surface area contributed by atoms with Gasteiger partial charge in [-0.05, 0) is 18.8 Å². The fourth-order valence-electron chi connectivity index (χ4n) is 2.43. The molecule has 4 N–H and O–H groups in total. The number of carbonyl (C=O) groups is 1. The van der Waals surface area contributed by atoms with Crippen molar-refractivity contribution in [3.05, 3.63) is 16.7 Å². The van der Waals surface area contributed by atoms with Gasteiger partial charge in [0.05, 0.1) is 6.33 Å². The summed E-state index contributed by atoms with van der Waals surface area (Å²) in [5.74, 6) is -0.655. The van der Waals surface area contributed by atoms with Gasteiger partial charge in [0.1, 0.15) is 11.7 Å². The summed E-state index contributed by atoms with van der Waals surface area (Å²) in [7, 11) is 0. The first-order valence-corrected chi connectivity index (χ1v) is 5.85. The van der Waals surface area contributed by atoms with E-state index in [4.69, 9.17) is 5.73 Å². The van der Waals surface area contributed by atoms with Crippen molar-refractivity contribution >= 4 is 17.5 Å². The van der Waals surface area contributed by atoms with E-state index in [1.165, 1.54) is 6.33 Å². The van der Waals surface area contributed by atoms with E-state index in [-0.39, 0.29) is 17.4 Å². The molecule has 1 aliphatic heterocycles. The Bertz CT molecular complexity index is 513. The maximum Gasteiger partial charge on any atom is 0.326 e. The van der Waals surface area contributed by atoms with Crippen LogP contribution in [0.15, 0.2) is 11.1 Å². The quantitative estimate of drug-likeness (QED) is 0.685. The highest BCUT2D eigenvalue weighted by atomic mass is 16.4. The molecular weight excluding hydrogens is 236 g/mol. The lowest BCUT2D eigenvalue weighted by molar-refractivity contribution is -0.140. The minimum absolute atomic E-state index is 0.00302. The number of anilines is 2. The molecular formula is C11H16N4O3. The summed E-state index contributed by atoms with van der Waals surface area (Å²) in [5, 5.41) is 9.30. The third kappa shape index (κ3) is 2.03. The summed E-state index contributed by atoms with van der Waals surface area (Å²) < 4.78 is 0. The highest BCUT2D eigenvalue weighted by molar-refractivity contribution is 5.80. The molecule has 98 valence electrons. The van der Waals surface area contributed by atoms with Crippen LogP contribution in [-0.4, -0.2) is 33.6 Å². The maximum atomic E-state index is 11.4. The zero-order chi connectivity index (χ0) is 13.3. The third-order valence-corrected chi connectivity index (χ3v) is 3.33. The SMILES string of the molecule is CC1CCCN(c2nc[nH]c(=O)c2N)C1C(=O)O. The number of nitrogens with two attached hydrogens (primary N) is 1. The molecule has 1 aromatic rings. The molecule has 2 rings (SSSR count). The number of carboxylic acids is 1. The lowest BCUT2D eigenvalue weighted by Crippen LogP contribution is -2.50. The summed E-state index contributed by atoms with van der Waals surface area (Å²) in [6.45, 7) is 2.43. The first-order valence-electron chi connectivity index (χ1n) is 5.85. The minimum Gasteiger partial charge on any atom is -0.480 e. The zero-order valence-electron chi connectivity index (χ0n) is 10.1. The topological polar surface area (TPSA) is 112 Å². The number of hydrogen-bond acceptors (Lipinski definition) is 5. The van der Waals surface area contributed by atoms with E-state index in [0.717, 1.165) is 12.8 Å². The molecule has 1 aliphatic rings. The highest BCUT2D eigenvalue weighted by Crippen LogP contribution is 2.29. The van der Waals surface area contributed by atoms with Gasteiger partial charge < -0.3 is 20.7 Å². The average Bonchev–Trinajstić information content (AvgIpc) is 2.32. The third-order valence-electron chi connectivity index (χ3n) is 3.33. The first kappa shape index (κ1) is 12.4. The summed E-state index contributed by atoms with van der Waals surface area (Å²) in [4.78, 5) is 30.8. The molecule has 0 radical (unpaired) electrons. The normalized spacial score (nSPS) is 23.9. The van der Waals surface area contributed by atoms with Crippen molar-refractivity contribution in [2.75, 3.05) is 17.2 Å². The fraction of sp³-hybridized carbons (Fsp3) is 0.545. The second-order valence-electron chi connectivity index (χ2n) is 4.56. The summed E-state index contributed by atoms with van der Waals surface area (Å²) in [6.07, 6.45) is 2.95. The number of nitrogens with one attached hydrogen (secondary N) is 1. The number of rotatable bonds is 2. The Morgan fingerprint density at radius 3 is 3.06 bits per heavy atom. The maximum absolute atomic E-state index is 11.4. The van der Waals surface area contributed by atoms with E-state index < -0.39 is 17.6 Å². The van der Waals surface area contributed by atoms with Crippen molar-refractivity contribution in [2.45, 2.75) is 25.8 Å². The van der Waals surface area contributed by atoms with Gasteiger partial charge in [-0.3, -0.25) is 4.79 Å². The van der Waals surface area contributed by atoms with Crippen LogP contribution in [0.1, 0.15) is 19.8 Å². The van der Waals surface area contributed by atoms with E-state index in [2.05, 4.69) is 9.97 Å². The number of aromatic amines is 1. The lowest BCUT2D eigenvalue weighted by atomic mass is 9.91. The number of carboxylic acid groups (broad SMARTS) is 1. The van der Waals surface area contributed by atoms with Gasteiger partial charge in [-0.1, -0.05) is 6.92 Å². The van der Waals surface area contributed by atoms with Crippen molar-refractivity contribution in [1.82, 2.24) is 9.97 Å². The Morgan fingerprint density at radius 1 is 1.67 bits per heavy atom. The van der Waals surface area contributed by atoms with E-state index in [0.29, 0.717) is 6.54 Å². The number of aromatic nitrogens is 2. The largest absolute Gasteiger partial charge is 0.480 e. The number of nitrogen functional groups attached to an aromatic ring is 1. The Kier molecular flexibility index (Phi) is 3.22. The van der Waals surface area contributed by atoms with Crippen LogP contribution < -0.4 is 16.2 Å². The molecule has 0 aliphatic carbocycles. The molecule has 7 nitrogen and oxygen atoms in total. The first-order chi connectivity index (χ1) is 8.52. The number of nitrogens with zero attached hydrogens (tertiary/aromatic N) is 2. The number of piperidine rings is 1. The standard InChI is InChI=1S/C11H16N4O3/c1-6-3-2-4-15(8(6)11(17)18)9-7(12)10(16)14-5-13-9/h5-6,8H,2-4,12H2,1H3,(H,17,18)(H,13,14,16). The molecule has 18 heavy (non-hydrogen) atoms. The van der Waals surface area contributed by atoms with Crippen LogP contribution in [0.4, 0.5) is 11.5 Å². The van der Waals surface area contributed by atoms with Gasteiger partial charge in [-0.15, -0.1) is 0 Å². The smallest absolute Gasteiger partial charge is 0.326 e. The Morgan fingerprint density at radius 2 is 2.39 bits per heavy atom. The van der Waals surface area contributed by atoms with Crippen LogP contribution in [0.5, 0.6) is 0 Å². The second-order valence-corrected chi connectivity index (χ2v) is 4.56. The fourth-order valence-corrected chi connectivity index (χ4v) is 2.43. The summed E-state index contributed by atoms with van der Waals surface area (Å²) in [5.41, 5.74) is 5.21. The predicted molar refractivity (Wildman–Crippen MR) is 66.4 cm³/mol. The summed E-state index contributed by atoms with van der Waals surface area (Å²) >= 11 is 0. The van der Waals surface area contributed by atoms with E-state index >= 15 is 0 Å². The number of hydrogen-bond donors (Lipinski definition) is 3. The molecule has 0 amide bonds. The lowest BCUT2D eigenvalue weighted by Gasteiger charge is -2.38. The molecule has 1 aromatic heterocycles. The molecule has 7 heteroatoms. The average molecular weight is 252 g/mol. The monoisotopic (exact) mass is 252 g/mol. The molecule has 0 bridgehead atoms. The van der Waals surface area contributed by atoms with Crippen molar-refractivity contribution in [3.8, 4) is 0 Å². The van der Waals surface area contributed by atoms with Crippen LogP contribution in [-0.2, 0) is 4.79 Å². The van der Waals surface area contributed by atoms with Gasteiger partial charge in [0.2, 0.25) is 0 Å². The van der Waals surface area contributed by atoms with Gasteiger partial charge >= 0.3 is 5.97 Å². The van der Waals surface area contributed by atoms with E-state index in [1.54, 1.807) is 4.90 Å². The van der Waals surface area contributed by atoms with E-state index in [9.17, 15) is 14.7 Å². The predicted octanol–water partition coefficient (Wildman–Crippen LogP) is 0.0416. The Hall–Kier alpha value is -2.05. The van der Waals surface area contributed by atoms with Gasteiger partial charge in [-0.25, -0.2) is 9.78 Å². The highest BCUT2D eigenvalue weighted by Gasteiger charge is 2.36.